The van der Waals surface area contributed by atoms with Gasteiger partial charge in [-0.15, -0.1) is 0 Å². The van der Waals surface area contributed by atoms with E-state index in [0.717, 1.165) is 28.7 Å². The van der Waals surface area contributed by atoms with E-state index >= 15 is 0 Å². The van der Waals surface area contributed by atoms with Crippen LogP contribution in [0.25, 0.3) is 0 Å². The summed E-state index contributed by atoms with van der Waals surface area (Å²) in [6.07, 6.45) is 0. The first kappa shape index (κ1) is 12.2. The highest BCUT2D eigenvalue weighted by Gasteiger charge is 2.11. The Labute approximate surface area is 95.6 Å². The van der Waals surface area contributed by atoms with Crippen LogP contribution >= 0.6 is 11.8 Å². The van der Waals surface area contributed by atoms with Crippen molar-refractivity contribution in [3.63, 3.8) is 0 Å². The number of anilines is 2. The Kier molecular flexibility index (Phi) is 4.32. The summed E-state index contributed by atoms with van der Waals surface area (Å²) in [7, 11) is 1.91. The Morgan fingerprint density at radius 3 is 2.73 bits per heavy atom. The van der Waals surface area contributed by atoms with Crippen molar-refractivity contribution in [3.05, 3.63) is 5.69 Å². The van der Waals surface area contributed by atoms with Crippen LogP contribution in [0.1, 0.15) is 19.5 Å². The molecule has 5 heteroatoms. The molecule has 0 saturated carbocycles. The molecule has 3 N–H and O–H groups in total. The van der Waals surface area contributed by atoms with E-state index < -0.39 is 0 Å². The van der Waals surface area contributed by atoms with Crippen LogP contribution in [-0.4, -0.2) is 27.3 Å². The predicted octanol–water partition coefficient (Wildman–Crippen LogP) is 1.86. The van der Waals surface area contributed by atoms with Crippen molar-refractivity contribution < 1.29 is 0 Å². The summed E-state index contributed by atoms with van der Waals surface area (Å²) in [5.41, 5.74) is 7.57. The fourth-order valence-electron chi connectivity index (χ4n) is 1.42. The highest BCUT2D eigenvalue weighted by molar-refractivity contribution is 7.99. The maximum Gasteiger partial charge on any atom is 0.148 e. The molecule has 1 heterocycles. The zero-order chi connectivity index (χ0) is 11.4. The summed E-state index contributed by atoms with van der Waals surface area (Å²) in [5, 5.41) is 7.66. The fourth-order valence-corrected chi connectivity index (χ4v) is 2.09. The third kappa shape index (κ3) is 3.06. The van der Waals surface area contributed by atoms with E-state index in [1.807, 2.05) is 25.7 Å². The topological polar surface area (TPSA) is 55.9 Å². The van der Waals surface area contributed by atoms with Crippen molar-refractivity contribution in [2.75, 3.05) is 22.6 Å². The Balaban J connectivity index is 2.63. The van der Waals surface area contributed by atoms with E-state index in [-0.39, 0.29) is 0 Å². The summed E-state index contributed by atoms with van der Waals surface area (Å²) >= 11 is 1.92. The van der Waals surface area contributed by atoms with Gasteiger partial charge in [-0.05, 0) is 19.6 Å². The summed E-state index contributed by atoms with van der Waals surface area (Å²) < 4.78 is 1.80. The minimum absolute atomic E-state index is 0.409. The molecule has 0 radical (unpaired) electrons. The maximum atomic E-state index is 5.93. The van der Waals surface area contributed by atoms with Gasteiger partial charge in [-0.1, -0.05) is 6.92 Å². The minimum Gasteiger partial charge on any atom is -0.394 e. The zero-order valence-electron chi connectivity index (χ0n) is 9.87. The second kappa shape index (κ2) is 5.30. The van der Waals surface area contributed by atoms with Crippen molar-refractivity contribution in [1.29, 1.82) is 0 Å². The third-order valence-corrected chi connectivity index (χ3v) is 3.37. The van der Waals surface area contributed by atoms with Crippen molar-refractivity contribution in [3.8, 4) is 0 Å². The Morgan fingerprint density at radius 2 is 2.27 bits per heavy atom. The minimum atomic E-state index is 0.409. The first-order valence-electron chi connectivity index (χ1n) is 5.19. The van der Waals surface area contributed by atoms with Crippen LogP contribution in [0.2, 0.25) is 0 Å². The molecule has 0 bridgehead atoms. The summed E-state index contributed by atoms with van der Waals surface area (Å²) in [4.78, 5) is 0. The molecule has 1 rings (SSSR count). The molecule has 0 aromatic carbocycles. The number of nitrogens with two attached hydrogens (primary N) is 1. The van der Waals surface area contributed by atoms with Gasteiger partial charge in [0.15, 0.2) is 0 Å². The van der Waals surface area contributed by atoms with Gasteiger partial charge >= 0.3 is 0 Å². The molecule has 0 aliphatic rings. The molecule has 0 saturated heterocycles. The van der Waals surface area contributed by atoms with Gasteiger partial charge in [0, 0.05) is 18.8 Å². The number of rotatable bonds is 5. The van der Waals surface area contributed by atoms with E-state index in [9.17, 15) is 0 Å². The lowest BCUT2D eigenvalue weighted by Gasteiger charge is -2.15. The molecule has 0 aliphatic carbocycles. The molecule has 86 valence electrons. The van der Waals surface area contributed by atoms with Crippen LogP contribution in [0.15, 0.2) is 0 Å². The number of nitrogens with one attached hydrogen (secondary N) is 1. The van der Waals surface area contributed by atoms with E-state index in [2.05, 4.69) is 24.3 Å². The molecule has 1 unspecified atom stereocenters. The number of aryl methyl sites for hydroxylation is 2. The maximum absolute atomic E-state index is 5.93. The first-order valence-corrected chi connectivity index (χ1v) is 6.35. The van der Waals surface area contributed by atoms with Gasteiger partial charge in [0.1, 0.15) is 5.82 Å². The van der Waals surface area contributed by atoms with Crippen LogP contribution in [0, 0.1) is 6.92 Å². The highest BCUT2D eigenvalue weighted by Crippen LogP contribution is 2.22. The summed E-state index contributed by atoms with van der Waals surface area (Å²) in [5.74, 6) is 3.16. The molecule has 4 nitrogen and oxygen atoms in total. The lowest BCUT2D eigenvalue weighted by molar-refractivity contribution is 0.747. The second-order valence-corrected chi connectivity index (χ2v) is 5.00. The quantitative estimate of drug-likeness (QED) is 0.807. The van der Waals surface area contributed by atoms with Gasteiger partial charge in [-0.3, -0.25) is 4.68 Å². The number of aromatic nitrogens is 2. The van der Waals surface area contributed by atoms with E-state index in [1.165, 1.54) is 0 Å². The molecule has 1 aromatic rings. The third-order valence-electron chi connectivity index (χ3n) is 2.22. The zero-order valence-corrected chi connectivity index (χ0v) is 10.7. The fraction of sp³-hybridized carbons (Fsp3) is 0.700. The predicted molar refractivity (Wildman–Crippen MR) is 68.4 cm³/mol. The monoisotopic (exact) mass is 228 g/mol. The van der Waals surface area contributed by atoms with Crippen LogP contribution in [0.4, 0.5) is 11.5 Å². The molecule has 0 spiro atoms. The number of hydrogen-bond acceptors (Lipinski definition) is 4. The lowest BCUT2D eigenvalue weighted by Crippen LogP contribution is -2.20. The second-order valence-electron chi connectivity index (χ2n) is 3.68. The van der Waals surface area contributed by atoms with Crippen molar-refractivity contribution >= 4 is 23.3 Å². The lowest BCUT2D eigenvalue weighted by atomic mass is 10.3. The van der Waals surface area contributed by atoms with E-state index in [1.54, 1.807) is 4.68 Å². The van der Waals surface area contributed by atoms with Gasteiger partial charge in [0.05, 0.1) is 11.4 Å². The molecule has 0 fully saturated rings. The van der Waals surface area contributed by atoms with E-state index in [4.69, 9.17) is 5.73 Å². The van der Waals surface area contributed by atoms with Crippen LogP contribution < -0.4 is 11.1 Å². The summed E-state index contributed by atoms with van der Waals surface area (Å²) in [6, 6.07) is 0.409. The molecule has 1 aromatic heterocycles. The molecule has 15 heavy (non-hydrogen) atoms. The van der Waals surface area contributed by atoms with Crippen molar-refractivity contribution in [2.24, 2.45) is 7.05 Å². The Hall–Kier alpha value is -0.840. The van der Waals surface area contributed by atoms with Gasteiger partial charge < -0.3 is 11.1 Å². The van der Waals surface area contributed by atoms with Gasteiger partial charge in [-0.25, -0.2) is 0 Å². The van der Waals surface area contributed by atoms with Gasteiger partial charge in [-0.2, -0.15) is 16.9 Å². The summed E-state index contributed by atoms with van der Waals surface area (Å²) in [6.45, 7) is 6.25. The highest BCUT2D eigenvalue weighted by atomic mass is 32.2. The smallest absolute Gasteiger partial charge is 0.148 e. The van der Waals surface area contributed by atoms with Crippen molar-refractivity contribution in [1.82, 2.24) is 9.78 Å². The number of nitrogens with zero attached hydrogens (tertiary/aromatic N) is 2. The average Bonchev–Trinajstić information content (AvgIpc) is 2.42. The average molecular weight is 228 g/mol. The number of nitrogen functional groups attached to an aromatic ring is 1. The van der Waals surface area contributed by atoms with Gasteiger partial charge in [0.2, 0.25) is 0 Å². The molecular weight excluding hydrogens is 208 g/mol. The normalized spacial score (nSPS) is 12.8. The molecular formula is C10H20N4S. The largest absolute Gasteiger partial charge is 0.394 e. The number of thioether (sulfide) groups is 1. The number of hydrogen-bond donors (Lipinski definition) is 2. The SMILES string of the molecule is CCSCC(C)Nc1c(N)c(C)nn1C. The molecule has 1 atom stereocenters. The molecule has 0 aliphatic heterocycles. The molecule has 0 amide bonds. The van der Waals surface area contributed by atoms with Crippen molar-refractivity contribution in [2.45, 2.75) is 26.8 Å². The van der Waals surface area contributed by atoms with Gasteiger partial charge in [0.25, 0.3) is 0 Å². The standard InChI is InChI=1S/C10H20N4S/c1-5-15-6-7(2)12-10-9(11)8(3)13-14(10)4/h7,12H,5-6,11H2,1-4H3. The van der Waals surface area contributed by atoms with Crippen LogP contribution in [0.3, 0.4) is 0 Å². The van der Waals surface area contributed by atoms with Crippen LogP contribution in [-0.2, 0) is 7.05 Å². The first-order chi connectivity index (χ1) is 7.06. The van der Waals surface area contributed by atoms with Crippen LogP contribution in [0.5, 0.6) is 0 Å². The Morgan fingerprint density at radius 1 is 1.60 bits per heavy atom. The Bertz CT molecular complexity index is 321. The van der Waals surface area contributed by atoms with E-state index in [0.29, 0.717) is 6.04 Å².